The van der Waals surface area contributed by atoms with E-state index in [1.54, 1.807) is 0 Å². The van der Waals surface area contributed by atoms with E-state index in [0.29, 0.717) is 48.5 Å². The Kier molecular flexibility index (Phi) is 12.1. The van der Waals surface area contributed by atoms with Crippen LogP contribution in [0.25, 0.3) is 0 Å². The van der Waals surface area contributed by atoms with E-state index in [1.807, 2.05) is 6.92 Å². The number of nitrogens with zero attached hydrogens (tertiary/aromatic N) is 2. The molecule has 11 nitrogen and oxygen atoms in total. The standard InChI is InChI=1S/C21H23ClFNO5.C15H12F3NO4S/c1-2-3-6-9-28-19(25)12-29-18-11-17(16(23)10-15(18)22)24-20(26)13-7-4-5-8-14(13)21(24)27;1-24(21,22)12-6-9(15(16,17)18)4-5-10(12)13(20)11-7-19-23-14(11)8-2-3-8/h10-11H,2-9,12H2,1H3;4-8H,2-3H2,1H3. The number of amides is 2. The Bertz CT molecular complexity index is 2050. The molecule has 6 rings (SSSR count). The summed E-state index contributed by atoms with van der Waals surface area (Å²) in [6, 6.07) is 4.19. The highest BCUT2D eigenvalue weighted by molar-refractivity contribution is 7.90. The van der Waals surface area contributed by atoms with Gasteiger partial charge in [-0.1, -0.05) is 36.5 Å². The number of esters is 1. The van der Waals surface area contributed by atoms with Crippen LogP contribution in [0.2, 0.25) is 5.02 Å². The van der Waals surface area contributed by atoms with Gasteiger partial charge >= 0.3 is 12.1 Å². The molecule has 1 saturated carbocycles. The summed E-state index contributed by atoms with van der Waals surface area (Å²) in [4.78, 5) is 49.9. The predicted molar refractivity (Wildman–Crippen MR) is 182 cm³/mol. The number of alkyl halides is 3. The van der Waals surface area contributed by atoms with Crippen LogP contribution in [0.3, 0.4) is 0 Å². The number of ether oxygens (including phenoxy) is 2. The minimum absolute atomic E-state index is 0.000883. The van der Waals surface area contributed by atoms with Crippen LogP contribution in [-0.4, -0.2) is 56.6 Å². The van der Waals surface area contributed by atoms with E-state index in [2.05, 4.69) is 5.16 Å². The van der Waals surface area contributed by atoms with E-state index in [1.165, 1.54) is 12.3 Å². The zero-order valence-electron chi connectivity index (χ0n) is 28.7. The molecule has 1 aromatic heterocycles. The van der Waals surface area contributed by atoms with Gasteiger partial charge in [0.25, 0.3) is 11.8 Å². The van der Waals surface area contributed by atoms with Gasteiger partial charge in [0, 0.05) is 34.9 Å². The van der Waals surface area contributed by atoms with E-state index in [4.69, 9.17) is 25.6 Å². The van der Waals surface area contributed by atoms with Crippen molar-refractivity contribution in [2.24, 2.45) is 0 Å². The highest BCUT2D eigenvalue weighted by Gasteiger charge is 2.41. The van der Waals surface area contributed by atoms with Crippen molar-refractivity contribution in [3.05, 3.63) is 81.0 Å². The molecule has 17 heteroatoms. The molecule has 1 aliphatic heterocycles. The van der Waals surface area contributed by atoms with Crippen molar-refractivity contribution >= 4 is 50.7 Å². The molecule has 284 valence electrons. The highest BCUT2D eigenvalue weighted by atomic mass is 35.5. The van der Waals surface area contributed by atoms with Gasteiger partial charge in [-0.15, -0.1) is 0 Å². The van der Waals surface area contributed by atoms with Crippen LogP contribution in [-0.2, 0) is 35.1 Å². The Labute approximate surface area is 307 Å². The maximum atomic E-state index is 14.5. The second-order valence-corrected chi connectivity index (χ2v) is 15.1. The summed E-state index contributed by atoms with van der Waals surface area (Å²) >= 11 is 6.02. The van der Waals surface area contributed by atoms with Crippen LogP contribution in [0.5, 0.6) is 5.75 Å². The Hall–Kier alpha value is -4.57. The summed E-state index contributed by atoms with van der Waals surface area (Å²) in [6.45, 7) is 1.93. The zero-order valence-corrected chi connectivity index (χ0v) is 30.3. The van der Waals surface area contributed by atoms with Gasteiger partial charge < -0.3 is 14.0 Å². The first-order chi connectivity index (χ1) is 25.0. The Morgan fingerprint density at radius 2 is 1.68 bits per heavy atom. The molecule has 0 N–H and O–H groups in total. The fourth-order valence-electron chi connectivity index (χ4n) is 5.87. The lowest BCUT2D eigenvalue weighted by Gasteiger charge is -2.18. The molecule has 0 radical (unpaired) electrons. The van der Waals surface area contributed by atoms with Crippen molar-refractivity contribution in [2.75, 3.05) is 24.4 Å². The van der Waals surface area contributed by atoms with Crippen LogP contribution in [0, 0.1) is 5.82 Å². The Morgan fingerprint density at radius 3 is 2.26 bits per heavy atom. The van der Waals surface area contributed by atoms with Gasteiger partial charge in [0.2, 0.25) is 0 Å². The van der Waals surface area contributed by atoms with Gasteiger partial charge in [0.1, 0.15) is 11.6 Å². The topological polar surface area (TPSA) is 150 Å². The van der Waals surface area contributed by atoms with E-state index >= 15 is 0 Å². The lowest BCUT2D eigenvalue weighted by atomic mass is 9.93. The van der Waals surface area contributed by atoms with Crippen LogP contribution in [0.4, 0.5) is 23.2 Å². The number of anilines is 1. The van der Waals surface area contributed by atoms with E-state index in [0.717, 1.165) is 68.2 Å². The first-order valence-electron chi connectivity index (χ1n) is 16.8. The van der Waals surface area contributed by atoms with Crippen molar-refractivity contribution < 1.29 is 59.2 Å². The summed E-state index contributed by atoms with van der Waals surface area (Å²) in [5.74, 6) is -2.73. The van der Waals surface area contributed by atoms with Gasteiger partial charge in [-0.05, 0) is 69.2 Å². The number of rotatable bonds is 12. The lowest BCUT2D eigenvalue weighted by molar-refractivity contribution is -0.146. The number of sulfone groups is 1. The number of benzene rings is 2. The molecular formula is C36H35ClF4N2O9S. The van der Waals surface area contributed by atoms with Crippen LogP contribution < -0.4 is 9.64 Å². The fourth-order valence-corrected chi connectivity index (χ4v) is 6.98. The second kappa shape index (κ2) is 16.2. The summed E-state index contributed by atoms with van der Waals surface area (Å²) < 4.78 is 92.3. The number of carbonyl (C=O) groups excluding carboxylic acids is 4. The average molecular weight is 783 g/mol. The van der Waals surface area contributed by atoms with Crippen molar-refractivity contribution in [3.63, 3.8) is 0 Å². The summed E-state index contributed by atoms with van der Waals surface area (Å²) in [5, 5.41) is 3.49. The quantitative estimate of drug-likeness (QED) is 0.0593. The number of unbranched alkanes of at least 4 members (excludes halogenated alkanes) is 2. The number of imide groups is 1. The third-order valence-corrected chi connectivity index (χ3v) is 10.2. The summed E-state index contributed by atoms with van der Waals surface area (Å²) in [6.07, 6.45) is 4.26. The number of carbonyl (C=O) groups is 4. The maximum Gasteiger partial charge on any atom is 0.416 e. The number of halogens is 5. The normalized spacial score (nSPS) is 15.9. The Morgan fingerprint density at radius 1 is 1.02 bits per heavy atom. The van der Waals surface area contributed by atoms with E-state index < -0.39 is 62.5 Å². The molecule has 0 saturated heterocycles. The monoisotopic (exact) mass is 782 g/mol. The summed E-state index contributed by atoms with van der Waals surface area (Å²) in [7, 11) is -4.04. The lowest BCUT2D eigenvalue weighted by Crippen LogP contribution is -2.32. The van der Waals surface area contributed by atoms with Crippen LogP contribution >= 0.6 is 11.6 Å². The molecule has 0 spiro atoms. The molecule has 3 aromatic rings. The van der Waals surface area contributed by atoms with Crippen LogP contribution in [0.15, 0.2) is 57.1 Å². The SMILES string of the molecule is CCCCCOC(=O)COc1cc(N2C(=O)C3=C(CCCC3)C2=O)c(F)cc1Cl.CS(=O)(=O)c1cc(C(F)(F)F)ccc1C(=O)c1cnoc1C1CC1. The molecule has 2 amide bonds. The first kappa shape index (κ1) is 39.6. The smallest absolute Gasteiger partial charge is 0.416 e. The molecule has 1 fully saturated rings. The van der Waals surface area contributed by atoms with Gasteiger partial charge in [0.05, 0.1) is 39.5 Å². The minimum Gasteiger partial charge on any atom is -0.480 e. The molecule has 2 aromatic carbocycles. The van der Waals surface area contributed by atoms with Gasteiger partial charge in [-0.3, -0.25) is 14.4 Å². The molecule has 3 aliphatic rings. The third-order valence-electron chi connectivity index (χ3n) is 8.73. The van der Waals surface area contributed by atoms with Gasteiger partial charge in [-0.2, -0.15) is 13.2 Å². The maximum absolute atomic E-state index is 14.5. The Balaban J connectivity index is 0.000000208. The zero-order chi connectivity index (χ0) is 38.7. The largest absolute Gasteiger partial charge is 0.480 e. The first-order valence-corrected chi connectivity index (χ1v) is 19.1. The second-order valence-electron chi connectivity index (χ2n) is 12.7. The number of aromatic nitrogens is 1. The van der Waals surface area contributed by atoms with Crippen molar-refractivity contribution in [3.8, 4) is 5.75 Å². The molecule has 0 atom stereocenters. The molecule has 2 heterocycles. The van der Waals surface area contributed by atoms with Gasteiger partial charge in [0.15, 0.2) is 28.0 Å². The molecule has 0 bridgehead atoms. The summed E-state index contributed by atoms with van der Waals surface area (Å²) in [5.41, 5.74) is -0.697. The van der Waals surface area contributed by atoms with Crippen molar-refractivity contribution in [2.45, 2.75) is 81.7 Å². The fraction of sp³-hybridized carbons (Fsp3) is 0.417. The van der Waals surface area contributed by atoms with E-state index in [9.17, 15) is 45.2 Å². The van der Waals surface area contributed by atoms with Crippen molar-refractivity contribution in [1.29, 1.82) is 0 Å². The molecule has 53 heavy (non-hydrogen) atoms. The number of hydrogen-bond acceptors (Lipinski definition) is 10. The highest BCUT2D eigenvalue weighted by Crippen LogP contribution is 2.43. The molecule has 2 aliphatic carbocycles. The number of hydrogen-bond donors (Lipinski definition) is 0. The van der Waals surface area contributed by atoms with Crippen molar-refractivity contribution in [1.82, 2.24) is 5.16 Å². The molecular weight excluding hydrogens is 748 g/mol. The third kappa shape index (κ3) is 9.15. The van der Waals surface area contributed by atoms with E-state index in [-0.39, 0.29) is 33.5 Å². The number of ketones is 1. The predicted octanol–water partition coefficient (Wildman–Crippen LogP) is 7.54. The van der Waals surface area contributed by atoms with Crippen LogP contribution in [0.1, 0.15) is 97.9 Å². The average Bonchev–Trinajstić information content (AvgIpc) is 3.78. The van der Waals surface area contributed by atoms with Gasteiger partial charge in [-0.25, -0.2) is 22.5 Å². The minimum atomic E-state index is -4.71. The molecule has 0 unspecified atom stereocenters.